The third-order valence-electron chi connectivity index (χ3n) is 5.00. The summed E-state index contributed by atoms with van der Waals surface area (Å²) in [5, 5.41) is 0. The van der Waals surface area contributed by atoms with Crippen molar-refractivity contribution < 1.29 is 9.78 Å². The van der Waals surface area contributed by atoms with Crippen LogP contribution in [0.2, 0.25) is 0 Å². The van der Waals surface area contributed by atoms with Gasteiger partial charge < -0.3 is 0 Å². The second-order valence-electron chi connectivity index (χ2n) is 8.00. The summed E-state index contributed by atoms with van der Waals surface area (Å²) in [6.45, 7) is 18.4. The molecule has 2 nitrogen and oxygen atoms in total. The molecule has 0 spiro atoms. The number of hydrogen-bond donors (Lipinski definition) is 0. The molecule has 1 heterocycles. The van der Waals surface area contributed by atoms with E-state index in [1.165, 1.54) is 6.42 Å². The van der Waals surface area contributed by atoms with Crippen LogP contribution in [0.15, 0.2) is 0 Å². The van der Waals surface area contributed by atoms with Gasteiger partial charge in [-0.25, -0.2) is 0 Å². The summed E-state index contributed by atoms with van der Waals surface area (Å²) in [6, 6.07) is 0. The van der Waals surface area contributed by atoms with Crippen molar-refractivity contribution in [3.05, 3.63) is 0 Å². The molecule has 0 aromatic heterocycles. The number of hydrogen-bond acceptors (Lipinski definition) is 2. The second kappa shape index (κ2) is 4.55. The van der Waals surface area contributed by atoms with Gasteiger partial charge in [0.1, 0.15) is 0 Å². The molecule has 1 saturated heterocycles. The van der Waals surface area contributed by atoms with E-state index < -0.39 is 0 Å². The monoisotopic (exact) mass is 242 g/mol. The van der Waals surface area contributed by atoms with E-state index in [-0.39, 0.29) is 17.1 Å². The van der Waals surface area contributed by atoms with Crippen molar-refractivity contribution in [2.45, 2.75) is 74.5 Å². The Kier molecular flexibility index (Phi) is 4.01. The summed E-state index contributed by atoms with van der Waals surface area (Å²) in [5.41, 5.74) is 0.683. The standard InChI is InChI=1S/C15H30O2/c1-11(13(2,3)4)9-10-15(8,12-16-17-12)14(5,6)7/h11-12H,9-10H2,1-8H3. The molecule has 0 aromatic carbocycles. The molecule has 102 valence electrons. The van der Waals surface area contributed by atoms with Crippen LogP contribution in [0.1, 0.15) is 68.2 Å². The lowest BCUT2D eigenvalue weighted by Crippen LogP contribution is -2.38. The lowest BCUT2D eigenvalue weighted by atomic mass is 9.63. The van der Waals surface area contributed by atoms with Crippen molar-refractivity contribution in [3.63, 3.8) is 0 Å². The van der Waals surface area contributed by atoms with Crippen LogP contribution < -0.4 is 0 Å². The zero-order valence-electron chi connectivity index (χ0n) is 12.9. The molecule has 1 rings (SSSR count). The largest absolute Gasteiger partial charge is 0.230 e. The van der Waals surface area contributed by atoms with Gasteiger partial charge in [-0.2, -0.15) is 9.78 Å². The molecule has 1 fully saturated rings. The van der Waals surface area contributed by atoms with Crippen molar-refractivity contribution in [1.29, 1.82) is 0 Å². The van der Waals surface area contributed by atoms with E-state index in [4.69, 9.17) is 9.78 Å². The summed E-state index contributed by atoms with van der Waals surface area (Å²) in [5.74, 6) is 0.711. The highest BCUT2D eigenvalue weighted by Crippen LogP contribution is 2.51. The van der Waals surface area contributed by atoms with Gasteiger partial charge in [0.05, 0.1) is 0 Å². The third kappa shape index (κ3) is 3.45. The predicted molar refractivity (Wildman–Crippen MR) is 71.4 cm³/mol. The average molecular weight is 242 g/mol. The Morgan fingerprint density at radius 3 is 1.71 bits per heavy atom. The first-order valence-corrected chi connectivity index (χ1v) is 6.80. The molecule has 2 heteroatoms. The van der Waals surface area contributed by atoms with Crippen molar-refractivity contribution in [1.82, 2.24) is 0 Å². The number of rotatable bonds is 4. The Hall–Kier alpha value is -0.0800. The van der Waals surface area contributed by atoms with Gasteiger partial charge in [0.25, 0.3) is 0 Å². The van der Waals surface area contributed by atoms with Gasteiger partial charge in [-0.05, 0) is 29.6 Å². The molecule has 0 saturated carbocycles. The van der Waals surface area contributed by atoms with E-state index in [1.54, 1.807) is 0 Å². The molecule has 2 atom stereocenters. The summed E-state index contributed by atoms with van der Waals surface area (Å²) in [4.78, 5) is 10.2. The molecular weight excluding hydrogens is 212 g/mol. The first-order chi connectivity index (χ1) is 7.48. The summed E-state index contributed by atoms with van der Waals surface area (Å²) in [7, 11) is 0. The Morgan fingerprint density at radius 1 is 0.941 bits per heavy atom. The zero-order chi connectivity index (χ0) is 13.5. The molecule has 1 aliphatic heterocycles. The second-order valence-corrected chi connectivity index (χ2v) is 8.00. The van der Waals surface area contributed by atoms with Gasteiger partial charge in [-0.15, -0.1) is 0 Å². The lowest BCUT2D eigenvalue weighted by Gasteiger charge is -2.41. The highest BCUT2D eigenvalue weighted by atomic mass is 17.4. The fourth-order valence-corrected chi connectivity index (χ4v) is 2.04. The smallest absolute Gasteiger partial charge is 0.198 e. The Balaban J connectivity index is 2.64. The van der Waals surface area contributed by atoms with Gasteiger partial charge in [0.2, 0.25) is 6.29 Å². The summed E-state index contributed by atoms with van der Waals surface area (Å²) in [6.07, 6.45) is 2.37. The summed E-state index contributed by atoms with van der Waals surface area (Å²) >= 11 is 0. The van der Waals surface area contributed by atoms with Crippen LogP contribution >= 0.6 is 0 Å². The maximum Gasteiger partial charge on any atom is 0.230 e. The van der Waals surface area contributed by atoms with Gasteiger partial charge >= 0.3 is 0 Å². The van der Waals surface area contributed by atoms with Crippen LogP contribution in [0, 0.1) is 22.2 Å². The van der Waals surface area contributed by atoms with E-state index in [0.29, 0.717) is 11.3 Å². The van der Waals surface area contributed by atoms with Crippen molar-refractivity contribution in [2.24, 2.45) is 22.2 Å². The van der Waals surface area contributed by atoms with Crippen molar-refractivity contribution in [3.8, 4) is 0 Å². The van der Waals surface area contributed by atoms with Crippen LogP contribution in [-0.2, 0) is 9.78 Å². The molecule has 0 aliphatic carbocycles. The van der Waals surface area contributed by atoms with Gasteiger partial charge in [-0.3, -0.25) is 0 Å². The van der Waals surface area contributed by atoms with E-state index in [1.807, 2.05) is 0 Å². The molecule has 0 N–H and O–H groups in total. The van der Waals surface area contributed by atoms with Crippen molar-refractivity contribution in [2.75, 3.05) is 0 Å². The maximum atomic E-state index is 5.12. The first kappa shape index (κ1) is 15.0. The van der Waals surface area contributed by atoms with Crippen molar-refractivity contribution >= 4 is 0 Å². The molecule has 0 bridgehead atoms. The maximum absolute atomic E-state index is 5.12. The minimum absolute atomic E-state index is 0.00494. The van der Waals surface area contributed by atoms with Gasteiger partial charge in [-0.1, -0.05) is 55.4 Å². The Labute approximate surface area is 107 Å². The SMILES string of the molecule is CC(CCC(C)(C1OO1)C(C)(C)C)C(C)(C)C. The lowest BCUT2D eigenvalue weighted by molar-refractivity contribution is 0.0432. The minimum Gasteiger partial charge on any atom is -0.198 e. The molecule has 2 unspecified atom stereocenters. The fourth-order valence-electron chi connectivity index (χ4n) is 2.04. The van der Waals surface area contributed by atoms with E-state index in [0.717, 1.165) is 6.42 Å². The van der Waals surface area contributed by atoms with Gasteiger partial charge in [0, 0.05) is 5.41 Å². The minimum atomic E-state index is -0.00494. The third-order valence-corrected chi connectivity index (χ3v) is 5.00. The Bertz CT molecular complexity index is 255. The normalized spacial score (nSPS) is 23.3. The van der Waals surface area contributed by atoms with E-state index in [9.17, 15) is 0 Å². The fraction of sp³-hybridized carbons (Fsp3) is 1.00. The van der Waals surface area contributed by atoms with Crippen LogP contribution in [0.4, 0.5) is 0 Å². The molecule has 1 aliphatic rings. The zero-order valence-corrected chi connectivity index (χ0v) is 12.9. The van der Waals surface area contributed by atoms with Crippen LogP contribution in [-0.4, -0.2) is 6.29 Å². The molecule has 0 aromatic rings. The topological polar surface area (TPSA) is 25.1 Å². The summed E-state index contributed by atoms with van der Waals surface area (Å²) < 4.78 is 0. The predicted octanol–water partition coefficient (Wildman–Crippen LogP) is 4.79. The van der Waals surface area contributed by atoms with Gasteiger partial charge in [0.15, 0.2) is 0 Å². The molecule has 0 amide bonds. The molecule has 0 radical (unpaired) electrons. The quantitative estimate of drug-likeness (QED) is 0.523. The van der Waals surface area contributed by atoms with E-state index >= 15 is 0 Å². The average Bonchev–Trinajstić information content (AvgIpc) is 2.92. The first-order valence-electron chi connectivity index (χ1n) is 6.80. The highest BCUT2D eigenvalue weighted by Gasteiger charge is 2.53. The molecular formula is C15H30O2. The van der Waals surface area contributed by atoms with E-state index in [2.05, 4.69) is 55.4 Å². The molecule has 17 heavy (non-hydrogen) atoms. The van der Waals surface area contributed by atoms with Crippen LogP contribution in [0.5, 0.6) is 0 Å². The van der Waals surface area contributed by atoms with Crippen LogP contribution in [0.3, 0.4) is 0 Å². The van der Waals surface area contributed by atoms with Crippen LogP contribution in [0.25, 0.3) is 0 Å². The Morgan fingerprint density at radius 2 is 1.41 bits per heavy atom. The highest BCUT2D eigenvalue weighted by molar-refractivity contribution is 4.92.